The van der Waals surface area contributed by atoms with E-state index in [1.165, 1.54) is 19.1 Å². The average molecular weight is 399 g/mol. The molecular formula is C22H25NO6. The number of likely N-dealkylation sites (tertiary alicyclic amines) is 1. The Morgan fingerprint density at radius 3 is 2.24 bits per heavy atom. The molecule has 154 valence electrons. The van der Waals surface area contributed by atoms with Gasteiger partial charge in [-0.25, -0.2) is 9.59 Å². The molecule has 1 heterocycles. The number of ether oxygens (including phenoxy) is 4. The van der Waals surface area contributed by atoms with Crippen LogP contribution in [0.4, 0.5) is 4.79 Å². The zero-order chi connectivity index (χ0) is 20.7. The Kier molecular flexibility index (Phi) is 6.85. The normalized spacial score (nSPS) is 18.1. The monoisotopic (exact) mass is 399 g/mol. The second kappa shape index (κ2) is 9.54. The highest BCUT2D eigenvalue weighted by Crippen LogP contribution is 2.30. The molecule has 0 aliphatic carbocycles. The first-order chi connectivity index (χ1) is 14.1. The molecule has 1 aliphatic rings. The summed E-state index contributed by atoms with van der Waals surface area (Å²) in [5.74, 6) is -1.63. The van der Waals surface area contributed by atoms with Crippen LogP contribution in [0, 0.1) is 0 Å². The number of nitrogens with zero attached hydrogens (tertiary/aromatic N) is 1. The molecule has 1 atom stereocenters. The molecule has 3 rings (SSSR count). The van der Waals surface area contributed by atoms with Gasteiger partial charge in [-0.2, -0.15) is 0 Å². The summed E-state index contributed by atoms with van der Waals surface area (Å²) in [4.78, 5) is 26.6. The number of carbonyl (C=O) groups is 2. The van der Waals surface area contributed by atoms with Gasteiger partial charge in [0, 0.05) is 27.2 Å². The Balaban J connectivity index is 1.68. The lowest BCUT2D eigenvalue weighted by atomic mass is 10.00. The maximum atomic E-state index is 12.6. The highest BCUT2D eigenvalue weighted by molar-refractivity contribution is 5.89. The molecule has 1 amide bonds. The number of benzene rings is 2. The molecule has 2 aromatic rings. The number of piperidine rings is 1. The minimum atomic E-state index is -1.12. The van der Waals surface area contributed by atoms with E-state index in [4.69, 9.17) is 18.9 Å². The molecule has 29 heavy (non-hydrogen) atoms. The summed E-state index contributed by atoms with van der Waals surface area (Å²) in [5, 5.41) is 0. The van der Waals surface area contributed by atoms with Gasteiger partial charge in [0.25, 0.3) is 0 Å². The van der Waals surface area contributed by atoms with E-state index in [1.807, 2.05) is 36.4 Å². The van der Waals surface area contributed by atoms with Crippen LogP contribution >= 0.6 is 0 Å². The molecule has 0 N–H and O–H groups in total. The Morgan fingerprint density at radius 1 is 1.00 bits per heavy atom. The van der Waals surface area contributed by atoms with E-state index < -0.39 is 24.0 Å². The topological polar surface area (TPSA) is 74.3 Å². The first kappa shape index (κ1) is 20.8. The van der Waals surface area contributed by atoms with Gasteiger partial charge in [0.1, 0.15) is 6.61 Å². The molecule has 0 saturated carbocycles. The van der Waals surface area contributed by atoms with Crippen molar-refractivity contribution >= 4 is 12.1 Å². The molecule has 7 nitrogen and oxygen atoms in total. The lowest BCUT2D eigenvalue weighted by Crippen LogP contribution is -2.60. The van der Waals surface area contributed by atoms with Gasteiger partial charge in [-0.15, -0.1) is 0 Å². The lowest BCUT2D eigenvalue weighted by Gasteiger charge is -2.44. The third-order valence-corrected chi connectivity index (χ3v) is 5.02. The second-order valence-electron chi connectivity index (χ2n) is 6.72. The highest BCUT2D eigenvalue weighted by Gasteiger charge is 2.48. The molecule has 0 bridgehead atoms. The standard InChI is InChI=1S/C22H25NO6/c1-26-22(27-2)13-14-23(21(25)28-16-17-9-5-3-6-10-17)15-19(22)29-20(24)18-11-7-4-8-12-18/h3-12,19H,13-16H2,1-2H3. The van der Waals surface area contributed by atoms with Gasteiger partial charge in [0.15, 0.2) is 6.10 Å². The average Bonchev–Trinajstić information content (AvgIpc) is 2.79. The van der Waals surface area contributed by atoms with Crippen molar-refractivity contribution in [1.29, 1.82) is 0 Å². The Bertz CT molecular complexity index is 807. The zero-order valence-corrected chi connectivity index (χ0v) is 16.6. The summed E-state index contributed by atoms with van der Waals surface area (Å²) in [6.45, 7) is 0.632. The summed E-state index contributed by atoms with van der Waals surface area (Å²) in [5.41, 5.74) is 1.31. The number of esters is 1. The van der Waals surface area contributed by atoms with Crippen molar-refractivity contribution in [3.05, 3.63) is 71.8 Å². The van der Waals surface area contributed by atoms with E-state index >= 15 is 0 Å². The van der Waals surface area contributed by atoms with Crippen LogP contribution in [0.2, 0.25) is 0 Å². The third-order valence-electron chi connectivity index (χ3n) is 5.02. The molecule has 1 unspecified atom stereocenters. The SMILES string of the molecule is COC1(OC)CCN(C(=O)OCc2ccccc2)CC1OC(=O)c1ccccc1. The van der Waals surface area contributed by atoms with E-state index in [-0.39, 0.29) is 13.2 Å². The summed E-state index contributed by atoms with van der Waals surface area (Å²) in [6.07, 6.45) is -0.939. The summed E-state index contributed by atoms with van der Waals surface area (Å²) in [7, 11) is 2.99. The summed E-state index contributed by atoms with van der Waals surface area (Å²) < 4.78 is 22.2. The van der Waals surface area contributed by atoms with E-state index in [2.05, 4.69) is 0 Å². The maximum Gasteiger partial charge on any atom is 0.410 e. The molecule has 1 aliphatic heterocycles. The van der Waals surface area contributed by atoms with Crippen molar-refractivity contribution < 1.29 is 28.5 Å². The van der Waals surface area contributed by atoms with E-state index in [0.29, 0.717) is 18.5 Å². The van der Waals surface area contributed by atoms with Gasteiger partial charge < -0.3 is 23.8 Å². The molecule has 1 saturated heterocycles. The molecule has 2 aromatic carbocycles. The van der Waals surface area contributed by atoms with Crippen molar-refractivity contribution in [2.45, 2.75) is 24.9 Å². The number of carbonyl (C=O) groups excluding carboxylic acids is 2. The van der Waals surface area contributed by atoms with Crippen LogP contribution in [-0.2, 0) is 25.6 Å². The minimum absolute atomic E-state index is 0.105. The van der Waals surface area contributed by atoms with Crippen LogP contribution in [0.15, 0.2) is 60.7 Å². The third kappa shape index (κ3) is 4.93. The molecular weight excluding hydrogens is 374 g/mol. The van der Waals surface area contributed by atoms with Crippen molar-refractivity contribution in [2.24, 2.45) is 0 Å². The fourth-order valence-electron chi connectivity index (χ4n) is 3.31. The van der Waals surface area contributed by atoms with Crippen molar-refractivity contribution in [1.82, 2.24) is 4.90 Å². The zero-order valence-electron chi connectivity index (χ0n) is 16.6. The number of rotatable bonds is 6. The molecule has 0 aromatic heterocycles. The van der Waals surface area contributed by atoms with Gasteiger partial charge in [0.05, 0.1) is 12.1 Å². The van der Waals surface area contributed by atoms with Gasteiger partial charge >= 0.3 is 12.1 Å². The van der Waals surface area contributed by atoms with Crippen LogP contribution in [0.3, 0.4) is 0 Å². The lowest BCUT2D eigenvalue weighted by molar-refractivity contribution is -0.275. The summed E-state index contributed by atoms with van der Waals surface area (Å²) in [6, 6.07) is 18.1. The van der Waals surface area contributed by atoms with Gasteiger partial charge in [-0.05, 0) is 17.7 Å². The Morgan fingerprint density at radius 2 is 1.62 bits per heavy atom. The predicted octanol–water partition coefficient (Wildman–Crippen LogP) is 3.24. The first-order valence-corrected chi connectivity index (χ1v) is 9.40. The predicted molar refractivity (Wildman–Crippen MR) is 105 cm³/mol. The minimum Gasteiger partial charge on any atom is -0.451 e. The Hall–Kier alpha value is -2.90. The maximum absolute atomic E-state index is 12.6. The van der Waals surface area contributed by atoms with Crippen molar-refractivity contribution in [3.63, 3.8) is 0 Å². The number of methoxy groups -OCH3 is 2. The molecule has 0 spiro atoms. The quantitative estimate of drug-likeness (QED) is 0.548. The van der Waals surface area contributed by atoms with Crippen LogP contribution in [0.25, 0.3) is 0 Å². The largest absolute Gasteiger partial charge is 0.451 e. The number of hydrogen-bond donors (Lipinski definition) is 0. The van der Waals surface area contributed by atoms with Crippen LogP contribution in [0.5, 0.6) is 0 Å². The van der Waals surface area contributed by atoms with E-state index in [1.54, 1.807) is 24.3 Å². The number of amides is 1. The van der Waals surface area contributed by atoms with Gasteiger partial charge in [0.2, 0.25) is 5.79 Å². The van der Waals surface area contributed by atoms with E-state index in [0.717, 1.165) is 5.56 Å². The van der Waals surface area contributed by atoms with Crippen molar-refractivity contribution in [2.75, 3.05) is 27.3 Å². The van der Waals surface area contributed by atoms with Crippen molar-refractivity contribution in [3.8, 4) is 0 Å². The molecule has 1 fully saturated rings. The fourth-order valence-corrected chi connectivity index (χ4v) is 3.31. The summed E-state index contributed by atoms with van der Waals surface area (Å²) >= 11 is 0. The van der Waals surface area contributed by atoms with Crippen LogP contribution in [0.1, 0.15) is 22.3 Å². The smallest absolute Gasteiger partial charge is 0.410 e. The molecule has 0 radical (unpaired) electrons. The Labute approximate surface area is 170 Å². The molecule has 7 heteroatoms. The van der Waals surface area contributed by atoms with Gasteiger partial charge in [-0.1, -0.05) is 48.5 Å². The first-order valence-electron chi connectivity index (χ1n) is 9.40. The fraction of sp³-hybridized carbons (Fsp3) is 0.364. The van der Waals surface area contributed by atoms with Crippen LogP contribution in [-0.4, -0.2) is 56.2 Å². The number of hydrogen-bond acceptors (Lipinski definition) is 6. The van der Waals surface area contributed by atoms with Gasteiger partial charge in [-0.3, -0.25) is 0 Å². The van der Waals surface area contributed by atoms with Crippen LogP contribution < -0.4 is 0 Å². The van der Waals surface area contributed by atoms with E-state index in [9.17, 15) is 9.59 Å². The second-order valence-corrected chi connectivity index (χ2v) is 6.72. The highest BCUT2D eigenvalue weighted by atomic mass is 16.7.